The van der Waals surface area contributed by atoms with E-state index in [0.29, 0.717) is 16.6 Å². The van der Waals surface area contributed by atoms with E-state index in [4.69, 9.17) is 5.21 Å². The lowest BCUT2D eigenvalue weighted by Crippen LogP contribution is -2.01. The molecule has 0 bridgehead atoms. The van der Waals surface area contributed by atoms with Crippen LogP contribution >= 0.6 is 15.9 Å². The van der Waals surface area contributed by atoms with Gasteiger partial charge in [0.05, 0.1) is 5.71 Å². The van der Waals surface area contributed by atoms with E-state index in [0.717, 1.165) is 0 Å². The van der Waals surface area contributed by atoms with Crippen molar-refractivity contribution in [3.8, 4) is 0 Å². The molecule has 0 unspecified atom stereocenters. The highest BCUT2D eigenvalue weighted by Crippen LogP contribution is 2.05. The van der Waals surface area contributed by atoms with E-state index in [1.165, 1.54) is 12.1 Å². The minimum Gasteiger partial charge on any atom is -0.411 e. The Kier molecular flexibility index (Phi) is 3.22. The summed E-state index contributed by atoms with van der Waals surface area (Å²) < 4.78 is 12.4. The van der Waals surface area contributed by atoms with Crippen LogP contribution in [0.2, 0.25) is 0 Å². The molecule has 0 aliphatic heterocycles. The van der Waals surface area contributed by atoms with Gasteiger partial charge in [-0.1, -0.05) is 33.2 Å². The number of nitrogens with zero attached hydrogens (tertiary/aromatic N) is 1. The van der Waals surface area contributed by atoms with Crippen LogP contribution in [0.1, 0.15) is 5.56 Å². The van der Waals surface area contributed by atoms with Gasteiger partial charge in [-0.15, -0.1) is 0 Å². The molecule has 64 valence electrons. The van der Waals surface area contributed by atoms with Gasteiger partial charge in [-0.05, 0) is 12.1 Å². The van der Waals surface area contributed by atoms with E-state index in [-0.39, 0.29) is 5.82 Å². The van der Waals surface area contributed by atoms with Crippen molar-refractivity contribution in [2.24, 2.45) is 5.16 Å². The summed E-state index contributed by atoms with van der Waals surface area (Å²) in [5.41, 5.74) is 1.19. The lowest BCUT2D eigenvalue weighted by molar-refractivity contribution is 0.319. The fourth-order valence-electron chi connectivity index (χ4n) is 0.804. The SMILES string of the molecule is ON=C(CBr)c1ccc(F)cc1. The quantitative estimate of drug-likeness (QED) is 0.361. The van der Waals surface area contributed by atoms with Crippen LogP contribution in [0.15, 0.2) is 29.4 Å². The van der Waals surface area contributed by atoms with E-state index in [2.05, 4.69) is 21.1 Å². The van der Waals surface area contributed by atoms with Gasteiger partial charge in [0.1, 0.15) is 5.82 Å². The fourth-order valence-corrected chi connectivity index (χ4v) is 1.24. The number of alkyl halides is 1. The van der Waals surface area contributed by atoms with E-state index < -0.39 is 0 Å². The van der Waals surface area contributed by atoms with Crippen LogP contribution in [-0.4, -0.2) is 16.2 Å². The molecule has 0 radical (unpaired) electrons. The van der Waals surface area contributed by atoms with Crippen LogP contribution in [0, 0.1) is 5.82 Å². The van der Waals surface area contributed by atoms with Crippen molar-refractivity contribution in [1.29, 1.82) is 0 Å². The van der Waals surface area contributed by atoms with E-state index in [1.54, 1.807) is 12.1 Å². The predicted molar refractivity (Wildman–Crippen MR) is 48.5 cm³/mol. The van der Waals surface area contributed by atoms with Gasteiger partial charge in [-0.25, -0.2) is 4.39 Å². The van der Waals surface area contributed by atoms with Crippen LogP contribution in [0.25, 0.3) is 0 Å². The number of halogens is 2. The fraction of sp³-hybridized carbons (Fsp3) is 0.125. The summed E-state index contributed by atoms with van der Waals surface area (Å²) >= 11 is 3.15. The molecule has 1 aromatic carbocycles. The van der Waals surface area contributed by atoms with E-state index in [1.807, 2.05) is 0 Å². The van der Waals surface area contributed by atoms with Crippen molar-refractivity contribution in [2.75, 3.05) is 5.33 Å². The zero-order valence-electron chi connectivity index (χ0n) is 6.17. The summed E-state index contributed by atoms with van der Waals surface area (Å²) in [4.78, 5) is 0. The molecular weight excluding hydrogens is 225 g/mol. The van der Waals surface area contributed by atoms with E-state index >= 15 is 0 Å². The van der Waals surface area contributed by atoms with E-state index in [9.17, 15) is 4.39 Å². The lowest BCUT2D eigenvalue weighted by Gasteiger charge is -1.98. The van der Waals surface area contributed by atoms with Gasteiger partial charge >= 0.3 is 0 Å². The second-order valence-electron chi connectivity index (χ2n) is 2.19. The number of hydrogen-bond donors (Lipinski definition) is 1. The number of benzene rings is 1. The highest BCUT2D eigenvalue weighted by Gasteiger charge is 2.01. The van der Waals surface area contributed by atoms with Gasteiger partial charge in [-0.3, -0.25) is 0 Å². The Morgan fingerprint density at radius 1 is 1.42 bits per heavy atom. The van der Waals surface area contributed by atoms with Crippen molar-refractivity contribution >= 4 is 21.6 Å². The number of hydrogen-bond acceptors (Lipinski definition) is 2. The molecule has 0 aliphatic carbocycles. The first-order chi connectivity index (χ1) is 5.77. The Labute approximate surface area is 77.8 Å². The molecule has 1 N–H and O–H groups in total. The molecule has 0 saturated heterocycles. The van der Waals surface area contributed by atoms with Gasteiger partial charge in [-0.2, -0.15) is 0 Å². The molecule has 0 fully saturated rings. The molecule has 12 heavy (non-hydrogen) atoms. The predicted octanol–water partition coefficient (Wildman–Crippen LogP) is 2.40. The molecule has 0 saturated carbocycles. The maximum Gasteiger partial charge on any atom is 0.123 e. The topological polar surface area (TPSA) is 32.6 Å². The van der Waals surface area contributed by atoms with Gasteiger partial charge in [0, 0.05) is 10.9 Å². The first-order valence-electron chi connectivity index (χ1n) is 3.30. The second kappa shape index (κ2) is 4.21. The molecule has 0 aromatic heterocycles. The molecule has 1 aromatic rings. The first-order valence-corrected chi connectivity index (χ1v) is 4.43. The van der Waals surface area contributed by atoms with Crippen LogP contribution in [0.5, 0.6) is 0 Å². The van der Waals surface area contributed by atoms with Crippen molar-refractivity contribution < 1.29 is 9.60 Å². The molecule has 2 nitrogen and oxygen atoms in total. The third-order valence-electron chi connectivity index (χ3n) is 1.42. The Hall–Kier alpha value is -0.900. The summed E-state index contributed by atoms with van der Waals surface area (Å²) in [5, 5.41) is 12.0. The number of rotatable bonds is 2. The zero-order valence-corrected chi connectivity index (χ0v) is 7.75. The maximum atomic E-state index is 12.4. The van der Waals surface area contributed by atoms with Gasteiger partial charge in [0.2, 0.25) is 0 Å². The van der Waals surface area contributed by atoms with Crippen LogP contribution in [0.4, 0.5) is 4.39 Å². The summed E-state index contributed by atoms with van der Waals surface area (Å²) in [7, 11) is 0. The Morgan fingerprint density at radius 2 is 2.00 bits per heavy atom. The normalized spacial score (nSPS) is 11.7. The largest absolute Gasteiger partial charge is 0.411 e. The Morgan fingerprint density at radius 3 is 2.42 bits per heavy atom. The molecule has 0 atom stereocenters. The maximum absolute atomic E-state index is 12.4. The van der Waals surface area contributed by atoms with Crippen molar-refractivity contribution in [2.45, 2.75) is 0 Å². The molecule has 1 rings (SSSR count). The Balaban J connectivity index is 2.96. The third-order valence-corrected chi connectivity index (χ3v) is 1.96. The van der Waals surface area contributed by atoms with Crippen molar-refractivity contribution in [3.63, 3.8) is 0 Å². The number of oxime groups is 1. The summed E-state index contributed by atoms with van der Waals surface area (Å²) in [6.45, 7) is 0. The van der Waals surface area contributed by atoms with Crippen molar-refractivity contribution in [1.82, 2.24) is 0 Å². The minimum absolute atomic E-state index is 0.300. The molecule has 0 amide bonds. The average molecular weight is 232 g/mol. The van der Waals surface area contributed by atoms with Crippen molar-refractivity contribution in [3.05, 3.63) is 35.6 Å². The molecule has 4 heteroatoms. The van der Waals surface area contributed by atoms with Crippen LogP contribution < -0.4 is 0 Å². The Bertz CT molecular complexity index is 284. The monoisotopic (exact) mass is 231 g/mol. The standard InChI is InChI=1S/C8H7BrFNO/c9-5-8(11-12)6-1-3-7(10)4-2-6/h1-4,12H,5H2. The van der Waals surface area contributed by atoms with Gasteiger partial charge < -0.3 is 5.21 Å². The van der Waals surface area contributed by atoms with Gasteiger partial charge in [0.25, 0.3) is 0 Å². The summed E-state index contributed by atoms with van der Waals surface area (Å²) in [5.74, 6) is -0.300. The minimum atomic E-state index is -0.300. The highest BCUT2D eigenvalue weighted by atomic mass is 79.9. The lowest BCUT2D eigenvalue weighted by atomic mass is 10.1. The summed E-state index contributed by atoms with van der Waals surface area (Å²) in [6.07, 6.45) is 0. The van der Waals surface area contributed by atoms with Gasteiger partial charge in [0.15, 0.2) is 0 Å². The summed E-state index contributed by atoms with van der Waals surface area (Å²) in [6, 6.07) is 5.77. The third kappa shape index (κ3) is 2.04. The second-order valence-corrected chi connectivity index (χ2v) is 2.75. The zero-order chi connectivity index (χ0) is 8.97. The highest BCUT2D eigenvalue weighted by molar-refractivity contribution is 9.09. The van der Waals surface area contributed by atoms with Crippen LogP contribution in [0.3, 0.4) is 0 Å². The molecule has 0 aliphatic rings. The average Bonchev–Trinajstić information content (AvgIpc) is 2.10. The first kappa shape index (κ1) is 9.19. The molecule has 0 heterocycles. The smallest absolute Gasteiger partial charge is 0.123 e. The van der Waals surface area contributed by atoms with Crippen LogP contribution in [-0.2, 0) is 0 Å². The molecule has 0 spiro atoms. The molecular formula is C8H7BrFNO.